The molecular weight excluding hydrogens is 238 g/mol. The summed E-state index contributed by atoms with van der Waals surface area (Å²) in [5, 5.41) is 0. The molecule has 0 aromatic heterocycles. The predicted octanol–water partition coefficient (Wildman–Crippen LogP) is 1.24. The second-order valence-electron chi connectivity index (χ2n) is 3.82. The van der Waals surface area contributed by atoms with Gasteiger partial charge in [-0.25, -0.2) is 8.42 Å². The van der Waals surface area contributed by atoms with Crippen LogP contribution in [0.1, 0.15) is 17.9 Å². The Morgan fingerprint density at radius 2 is 1.94 bits per heavy atom. The standard InChI is InChI=1S/C12H15NO3S/c1-3-4-11(12(13)14)9-5-7-10(8-6-9)17(2,15)16/h3,5-8,11H,1,4H2,2H3,(H2,13,14). The molecule has 1 amide bonds. The smallest absolute Gasteiger partial charge is 0.225 e. The molecule has 0 aliphatic heterocycles. The van der Waals surface area contributed by atoms with Crippen molar-refractivity contribution in [2.75, 3.05) is 6.26 Å². The van der Waals surface area contributed by atoms with E-state index in [1.54, 1.807) is 18.2 Å². The molecule has 2 N–H and O–H groups in total. The van der Waals surface area contributed by atoms with E-state index in [0.29, 0.717) is 12.0 Å². The van der Waals surface area contributed by atoms with Crippen molar-refractivity contribution in [3.8, 4) is 0 Å². The van der Waals surface area contributed by atoms with Crippen LogP contribution < -0.4 is 5.73 Å². The zero-order chi connectivity index (χ0) is 13.1. The van der Waals surface area contributed by atoms with Crippen LogP contribution in [0.5, 0.6) is 0 Å². The van der Waals surface area contributed by atoms with Crippen molar-refractivity contribution < 1.29 is 13.2 Å². The average Bonchev–Trinajstić information content (AvgIpc) is 2.24. The summed E-state index contributed by atoms with van der Waals surface area (Å²) >= 11 is 0. The SMILES string of the molecule is C=CCC(C(N)=O)c1ccc(S(C)(=O)=O)cc1. The second-order valence-corrected chi connectivity index (χ2v) is 5.84. The Labute approximate surface area is 101 Å². The Kier molecular flexibility index (Phi) is 4.07. The lowest BCUT2D eigenvalue weighted by Crippen LogP contribution is -2.20. The molecule has 92 valence electrons. The molecule has 0 bridgehead atoms. The van der Waals surface area contributed by atoms with E-state index < -0.39 is 21.7 Å². The molecular formula is C12H15NO3S. The molecule has 1 rings (SSSR count). The van der Waals surface area contributed by atoms with Crippen LogP contribution >= 0.6 is 0 Å². The van der Waals surface area contributed by atoms with Gasteiger partial charge in [0.15, 0.2) is 9.84 Å². The number of primary amides is 1. The lowest BCUT2D eigenvalue weighted by Gasteiger charge is -2.11. The number of rotatable bonds is 5. The molecule has 1 atom stereocenters. The summed E-state index contributed by atoms with van der Waals surface area (Å²) in [6, 6.07) is 6.16. The van der Waals surface area contributed by atoms with Gasteiger partial charge in [-0.3, -0.25) is 4.79 Å². The molecule has 0 fully saturated rings. The molecule has 0 aliphatic rings. The van der Waals surface area contributed by atoms with Crippen molar-refractivity contribution in [1.29, 1.82) is 0 Å². The first kappa shape index (κ1) is 13.4. The summed E-state index contributed by atoms with van der Waals surface area (Å²) in [7, 11) is -3.21. The minimum absolute atomic E-state index is 0.225. The highest BCUT2D eigenvalue weighted by molar-refractivity contribution is 7.90. The lowest BCUT2D eigenvalue weighted by molar-refractivity contribution is -0.119. The van der Waals surface area contributed by atoms with Crippen molar-refractivity contribution in [1.82, 2.24) is 0 Å². The first-order valence-electron chi connectivity index (χ1n) is 5.06. The van der Waals surface area contributed by atoms with Gasteiger partial charge in [-0.15, -0.1) is 6.58 Å². The molecule has 0 saturated carbocycles. The first-order valence-corrected chi connectivity index (χ1v) is 6.95. The van der Waals surface area contributed by atoms with E-state index in [1.807, 2.05) is 0 Å². The maximum atomic E-state index is 11.3. The number of hydrogen-bond donors (Lipinski definition) is 1. The van der Waals surface area contributed by atoms with E-state index in [2.05, 4.69) is 6.58 Å². The van der Waals surface area contributed by atoms with Crippen molar-refractivity contribution in [3.05, 3.63) is 42.5 Å². The molecule has 1 unspecified atom stereocenters. The summed E-state index contributed by atoms with van der Waals surface area (Å²) < 4.78 is 22.5. The number of allylic oxidation sites excluding steroid dienone is 1. The maximum absolute atomic E-state index is 11.3. The average molecular weight is 253 g/mol. The van der Waals surface area contributed by atoms with E-state index in [-0.39, 0.29) is 4.90 Å². The molecule has 0 radical (unpaired) electrons. The second kappa shape index (κ2) is 5.14. The Morgan fingerprint density at radius 1 is 1.41 bits per heavy atom. The fraction of sp³-hybridized carbons (Fsp3) is 0.250. The number of carbonyl (C=O) groups is 1. The third-order valence-corrected chi connectivity index (χ3v) is 3.58. The molecule has 0 heterocycles. The Bertz CT molecular complexity index is 517. The molecule has 5 heteroatoms. The van der Waals surface area contributed by atoms with Crippen LogP contribution in [0.25, 0.3) is 0 Å². The van der Waals surface area contributed by atoms with Gasteiger partial charge in [-0.1, -0.05) is 18.2 Å². The number of carbonyl (C=O) groups excluding carboxylic acids is 1. The van der Waals surface area contributed by atoms with Gasteiger partial charge in [0.1, 0.15) is 0 Å². The van der Waals surface area contributed by atoms with Gasteiger partial charge in [-0.2, -0.15) is 0 Å². The van der Waals surface area contributed by atoms with Gasteiger partial charge in [0.05, 0.1) is 10.8 Å². The maximum Gasteiger partial charge on any atom is 0.225 e. The van der Waals surface area contributed by atoms with Gasteiger partial charge in [0, 0.05) is 6.26 Å². The van der Waals surface area contributed by atoms with Crippen molar-refractivity contribution in [2.24, 2.45) is 5.73 Å². The zero-order valence-corrected chi connectivity index (χ0v) is 10.4. The molecule has 0 spiro atoms. The summed E-state index contributed by atoms with van der Waals surface area (Å²) in [5.41, 5.74) is 5.97. The lowest BCUT2D eigenvalue weighted by atomic mass is 9.95. The van der Waals surface area contributed by atoms with Crippen LogP contribution in [0.4, 0.5) is 0 Å². The van der Waals surface area contributed by atoms with Crippen molar-refractivity contribution >= 4 is 15.7 Å². The van der Waals surface area contributed by atoms with Crippen molar-refractivity contribution in [3.63, 3.8) is 0 Å². The Morgan fingerprint density at radius 3 is 2.29 bits per heavy atom. The minimum atomic E-state index is -3.21. The predicted molar refractivity (Wildman–Crippen MR) is 66.3 cm³/mol. The summed E-state index contributed by atoms with van der Waals surface area (Å²) in [6.45, 7) is 3.56. The van der Waals surface area contributed by atoms with E-state index in [4.69, 9.17) is 5.73 Å². The van der Waals surface area contributed by atoms with Crippen LogP contribution in [0.15, 0.2) is 41.8 Å². The van der Waals surface area contributed by atoms with E-state index in [9.17, 15) is 13.2 Å². The van der Waals surface area contributed by atoms with Gasteiger partial charge in [0.2, 0.25) is 5.91 Å². The highest BCUT2D eigenvalue weighted by atomic mass is 32.2. The molecule has 0 saturated heterocycles. The fourth-order valence-electron chi connectivity index (χ4n) is 1.53. The van der Waals surface area contributed by atoms with E-state index in [1.165, 1.54) is 12.1 Å². The van der Waals surface area contributed by atoms with Crippen LogP contribution in [0, 0.1) is 0 Å². The molecule has 1 aromatic carbocycles. The van der Waals surface area contributed by atoms with Gasteiger partial charge < -0.3 is 5.73 Å². The monoisotopic (exact) mass is 253 g/mol. The Hall–Kier alpha value is -1.62. The molecule has 0 aliphatic carbocycles. The third-order valence-electron chi connectivity index (χ3n) is 2.46. The largest absolute Gasteiger partial charge is 0.369 e. The number of amides is 1. The number of hydrogen-bond acceptors (Lipinski definition) is 3. The third kappa shape index (κ3) is 3.42. The number of benzene rings is 1. The number of sulfone groups is 1. The first-order chi connectivity index (χ1) is 7.86. The summed E-state index contributed by atoms with van der Waals surface area (Å²) in [4.78, 5) is 11.5. The normalized spacial score (nSPS) is 13.0. The fourth-order valence-corrected chi connectivity index (χ4v) is 2.16. The van der Waals surface area contributed by atoms with Crippen LogP contribution in [-0.2, 0) is 14.6 Å². The van der Waals surface area contributed by atoms with E-state index >= 15 is 0 Å². The zero-order valence-electron chi connectivity index (χ0n) is 9.59. The molecule has 1 aromatic rings. The molecule has 17 heavy (non-hydrogen) atoms. The summed E-state index contributed by atoms with van der Waals surface area (Å²) in [6.07, 6.45) is 3.19. The van der Waals surface area contributed by atoms with Gasteiger partial charge >= 0.3 is 0 Å². The van der Waals surface area contributed by atoms with Gasteiger partial charge in [0.25, 0.3) is 0 Å². The number of nitrogens with two attached hydrogens (primary N) is 1. The topological polar surface area (TPSA) is 77.2 Å². The minimum Gasteiger partial charge on any atom is -0.369 e. The van der Waals surface area contributed by atoms with Crippen molar-refractivity contribution in [2.45, 2.75) is 17.2 Å². The van der Waals surface area contributed by atoms with Crippen LogP contribution in [0.2, 0.25) is 0 Å². The van der Waals surface area contributed by atoms with Gasteiger partial charge in [-0.05, 0) is 24.1 Å². The van der Waals surface area contributed by atoms with Crippen LogP contribution in [-0.4, -0.2) is 20.6 Å². The van der Waals surface area contributed by atoms with E-state index in [0.717, 1.165) is 6.26 Å². The Balaban J connectivity index is 3.08. The van der Waals surface area contributed by atoms with Crippen LogP contribution in [0.3, 0.4) is 0 Å². The highest BCUT2D eigenvalue weighted by Crippen LogP contribution is 2.21. The molecule has 4 nitrogen and oxygen atoms in total. The summed E-state index contributed by atoms with van der Waals surface area (Å²) in [5.74, 6) is -0.905. The highest BCUT2D eigenvalue weighted by Gasteiger charge is 2.16. The quantitative estimate of drug-likeness (QED) is 0.802.